The molecule has 1 aromatic carbocycles. The zero-order valence-corrected chi connectivity index (χ0v) is 12.3. The van der Waals surface area contributed by atoms with E-state index in [4.69, 9.17) is 5.73 Å². The molecule has 0 aliphatic rings. The van der Waals surface area contributed by atoms with E-state index in [0.717, 1.165) is 18.4 Å². The van der Waals surface area contributed by atoms with Gasteiger partial charge in [-0.3, -0.25) is 0 Å². The zero-order valence-electron chi connectivity index (χ0n) is 11.4. The number of benzene rings is 1. The lowest BCUT2D eigenvalue weighted by atomic mass is 10.1. The number of rotatable bonds is 5. The van der Waals surface area contributed by atoms with E-state index < -0.39 is 10.0 Å². The van der Waals surface area contributed by atoms with Crippen LogP contribution in [-0.2, 0) is 10.0 Å². The molecule has 5 heteroatoms. The van der Waals surface area contributed by atoms with Gasteiger partial charge in [-0.05, 0) is 50.5 Å². The smallest absolute Gasteiger partial charge is 0.241 e. The van der Waals surface area contributed by atoms with Gasteiger partial charge >= 0.3 is 0 Å². The van der Waals surface area contributed by atoms with Crippen LogP contribution < -0.4 is 10.5 Å². The normalized spacial score (nSPS) is 13.6. The lowest BCUT2D eigenvalue weighted by Gasteiger charge is -2.16. The maximum absolute atomic E-state index is 12.3. The predicted molar refractivity (Wildman–Crippen MR) is 75.0 cm³/mol. The molecule has 0 aliphatic carbocycles. The molecule has 0 saturated heterocycles. The Morgan fingerprint density at radius 2 is 1.94 bits per heavy atom. The first-order chi connectivity index (χ1) is 8.27. The second-order valence-electron chi connectivity index (χ2n) is 4.79. The van der Waals surface area contributed by atoms with Crippen molar-refractivity contribution in [3.05, 3.63) is 23.3 Å². The molecule has 3 N–H and O–H groups in total. The molecule has 0 radical (unpaired) electrons. The molecule has 1 aromatic rings. The quantitative estimate of drug-likeness (QED) is 0.807. The molecule has 18 heavy (non-hydrogen) atoms. The van der Waals surface area contributed by atoms with E-state index >= 15 is 0 Å². The van der Waals surface area contributed by atoms with Crippen LogP contribution in [0.25, 0.3) is 0 Å². The monoisotopic (exact) mass is 270 g/mol. The van der Waals surface area contributed by atoms with Crippen LogP contribution in [0.1, 0.15) is 37.8 Å². The van der Waals surface area contributed by atoms with Crippen molar-refractivity contribution >= 4 is 15.7 Å². The van der Waals surface area contributed by atoms with E-state index in [2.05, 4.69) is 4.72 Å². The SMILES string of the molecule is CCCC(C)NS(=O)(=O)c1cc(C)cc(N)c1C. The number of anilines is 1. The average molecular weight is 270 g/mol. The molecule has 0 aromatic heterocycles. The van der Waals surface area contributed by atoms with Crippen molar-refractivity contribution in [2.75, 3.05) is 5.73 Å². The van der Waals surface area contributed by atoms with Crippen LogP contribution >= 0.6 is 0 Å². The summed E-state index contributed by atoms with van der Waals surface area (Å²) in [5.41, 5.74) is 7.78. The molecular weight excluding hydrogens is 248 g/mol. The molecule has 0 fully saturated rings. The third-order valence-corrected chi connectivity index (χ3v) is 4.63. The second-order valence-corrected chi connectivity index (χ2v) is 6.47. The predicted octanol–water partition coefficient (Wildman–Crippen LogP) is 2.35. The maximum Gasteiger partial charge on any atom is 0.241 e. The van der Waals surface area contributed by atoms with Crippen LogP contribution in [0.4, 0.5) is 5.69 Å². The highest BCUT2D eigenvalue weighted by molar-refractivity contribution is 7.89. The molecule has 0 heterocycles. The summed E-state index contributed by atoms with van der Waals surface area (Å²) in [5.74, 6) is 0. The zero-order chi connectivity index (χ0) is 13.9. The Morgan fingerprint density at radius 1 is 1.33 bits per heavy atom. The molecule has 102 valence electrons. The molecule has 0 spiro atoms. The lowest BCUT2D eigenvalue weighted by molar-refractivity contribution is 0.543. The highest BCUT2D eigenvalue weighted by Crippen LogP contribution is 2.23. The number of aryl methyl sites for hydroxylation is 1. The largest absolute Gasteiger partial charge is 0.398 e. The molecular formula is C13H22N2O2S. The van der Waals surface area contributed by atoms with Crippen molar-refractivity contribution in [2.45, 2.75) is 51.5 Å². The average Bonchev–Trinajstić information content (AvgIpc) is 2.22. The number of nitrogens with two attached hydrogens (primary N) is 1. The summed E-state index contributed by atoms with van der Waals surface area (Å²) < 4.78 is 27.2. The molecule has 4 nitrogen and oxygen atoms in total. The first-order valence-corrected chi connectivity index (χ1v) is 7.65. The van der Waals surface area contributed by atoms with Crippen molar-refractivity contribution in [1.29, 1.82) is 0 Å². The summed E-state index contributed by atoms with van der Waals surface area (Å²) in [6.45, 7) is 7.47. The van der Waals surface area contributed by atoms with Gasteiger partial charge in [0.2, 0.25) is 10.0 Å². The molecule has 0 amide bonds. The molecule has 0 aliphatic heterocycles. The number of hydrogen-bond acceptors (Lipinski definition) is 3. The molecule has 1 atom stereocenters. The Balaban J connectivity index is 3.13. The summed E-state index contributed by atoms with van der Waals surface area (Å²) in [4.78, 5) is 0.281. The van der Waals surface area contributed by atoms with E-state index in [1.54, 1.807) is 19.1 Å². The summed E-state index contributed by atoms with van der Waals surface area (Å²) in [6, 6.07) is 3.37. The molecule has 0 saturated carbocycles. The van der Waals surface area contributed by atoms with Crippen LogP contribution in [0.3, 0.4) is 0 Å². The van der Waals surface area contributed by atoms with E-state index in [9.17, 15) is 8.42 Å². The Hall–Kier alpha value is -1.07. The van der Waals surface area contributed by atoms with Crippen molar-refractivity contribution in [3.63, 3.8) is 0 Å². The van der Waals surface area contributed by atoms with Crippen LogP contribution in [0.15, 0.2) is 17.0 Å². The second kappa shape index (κ2) is 5.71. The van der Waals surface area contributed by atoms with Crippen LogP contribution in [0.2, 0.25) is 0 Å². The van der Waals surface area contributed by atoms with Gasteiger partial charge in [0, 0.05) is 11.7 Å². The van der Waals surface area contributed by atoms with Gasteiger partial charge in [0.25, 0.3) is 0 Å². The van der Waals surface area contributed by atoms with Crippen LogP contribution in [0.5, 0.6) is 0 Å². The Bertz CT molecular complexity index is 524. The van der Waals surface area contributed by atoms with Crippen molar-refractivity contribution in [3.8, 4) is 0 Å². The van der Waals surface area contributed by atoms with Gasteiger partial charge in [-0.1, -0.05) is 13.3 Å². The molecule has 1 unspecified atom stereocenters. The highest BCUT2D eigenvalue weighted by atomic mass is 32.2. The van der Waals surface area contributed by atoms with Crippen molar-refractivity contribution in [1.82, 2.24) is 4.72 Å². The minimum Gasteiger partial charge on any atom is -0.398 e. The van der Waals surface area contributed by atoms with Crippen molar-refractivity contribution < 1.29 is 8.42 Å². The molecule has 1 rings (SSSR count). The highest BCUT2D eigenvalue weighted by Gasteiger charge is 2.20. The van der Waals surface area contributed by atoms with Gasteiger partial charge in [-0.2, -0.15) is 0 Å². The van der Waals surface area contributed by atoms with Gasteiger partial charge in [0.15, 0.2) is 0 Å². The standard InChI is InChI=1S/C13H22N2O2S/c1-5-6-10(3)15-18(16,17)13-8-9(2)7-12(14)11(13)4/h7-8,10,15H,5-6,14H2,1-4H3. The Morgan fingerprint density at radius 3 is 2.50 bits per heavy atom. The Labute approximate surface area is 110 Å². The van der Waals surface area contributed by atoms with E-state index in [1.807, 2.05) is 20.8 Å². The van der Waals surface area contributed by atoms with Gasteiger partial charge in [-0.15, -0.1) is 0 Å². The van der Waals surface area contributed by atoms with Gasteiger partial charge < -0.3 is 5.73 Å². The van der Waals surface area contributed by atoms with E-state index in [-0.39, 0.29) is 10.9 Å². The van der Waals surface area contributed by atoms with Crippen molar-refractivity contribution in [2.24, 2.45) is 0 Å². The number of hydrogen-bond donors (Lipinski definition) is 2. The summed E-state index contributed by atoms with van der Waals surface area (Å²) >= 11 is 0. The number of nitrogens with one attached hydrogen (secondary N) is 1. The topological polar surface area (TPSA) is 72.2 Å². The minimum absolute atomic E-state index is 0.0684. The van der Waals surface area contributed by atoms with E-state index in [1.165, 1.54) is 0 Å². The van der Waals surface area contributed by atoms with E-state index in [0.29, 0.717) is 11.3 Å². The number of sulfonamides is 1. The van der Waals surface area contributed by atoms with Crippen LogP contribution in [0, 0.1) is 13.8 Å². The van der Waals surface area contributed by atoms with Crippen LogP contribution in [-0.4, -0.2) is 14.5 Å². The minimum atomic E-state index is -3.49. The van der Waals surface area contributed by atoms with Gasteiger partial charge in [-0.25, -0.2) is 13.1 Å². The fraction of sp³-hybridized carbons (Fsp3) is 0.538. The summed E-state index contributed by atoms with van der Waals surface area (Å²) in [5, 5.41) is 0. The Kier molecular flexibility index (Phi) is 4.76. The third-order valence-electron chi connectivity index (χ3n) is 2.91. The number of nitrogen functional groups attached to an aromatic ring is 1. The fourth-order valence-electron chi connectivity index (χ4n) is 1.95. The lowest BCUT2D eigenvalue weighted by Crippen LogP contribution is -2.33. The fourth-order valence-corrected chi connectivity index (χ4v) is 3.59. The third kappa shape index (κ3) is 3.46. The van der Waals surface area contributed by atoms with Gasteiger partial charge in [0.05, 0.1) is 4.90 Å². The summed E-state index contributed by atoms with van der Waals surface area (Å²) in [7, 11) is -3.49. The maximum atomic E-state index is 12.3. The first kappa shape index (κ1) is 15.0. The van der Waals surface area contributed by atoms with Gasteiger partial charge in [0.1, 0.15) is 0 Å². The molecule has 0 bridgehead atoms. The summed E-state index contributed by atoms with van der Waals surface area (Å²) in [6.07, 6.45) is 1.76. The first-order valence-electron chi connectivity index (χ1n) is 6.17.